The first-order valence-corrected chi connectivity index (χ1v) is 16.0. The number of nitrogens with zero attached hydrogens (tertiary/aromatic N) is 3. The summed E-state index contributed by atoms with van der Waals surface area (Å²) in [6.07, 6.45) is 7.41. The predicted octanol–water partition coefficient (Wildman–Crippen LogP) is 5.33. The largest absolute Gasteiger partial charge is 0.493 e. The van der Waals surface area contributed by atoms with Gasteiger partial charge in [0.05, 0.1) is 32.4 Å². The van der Waals surface area contributed by atoms with E-state index < -0.39 is 12.0 Å². The number of hydrogen-bond donors (Lipinski definition) is 1. The molecule has 0 aliphatic carbocycles. The maximum atomic E-state index is 13.2. The Morgan fingerprint density at radius 1 is 1.04 bits per heavy atom. The number of piperazine rings is 1. The maximum absolute atomic E-state index is 13.2. The van der Waals surface area contributed by atoms with Crippen LogP contribution in [0.25, 0.3) is 17.0 Å². The van der Waals surface area contributed by atoms with E-state index in [0.29, 0.717) is 29.4 Å². The normalized spacial score (nSPS) is 24.6. The van der Waals surface area contributed by atoms with Crippen LogP contribution in [-0.2, 0) is 22.4 Å². The molecule has 240 valence electrons. The van der Waals surface area contributed by atoms with E-state index in [1.807, 2.05) is 36.5 Å². The van der Waals surface area contributed by atoms with E-state index in [9.17, 15) is 10.1 Å². The van der Waals surface area contributed by atoms with E-state index >= 15 is 0 Å². The van der Waals surface area contributed by atoms with Gasteiger partial charge in [-0.05, 0) is 85.0 Å². The molecule has 47 heavy (non-hydrogen) atoms. The fourth-order valence-corrected chi connectivity index (χ4v) is 8.23. The molecule has 5 unspecified atom stereocenters. The van der Waals surface area contributed by atoms with Crippen molar-refractivity contribution < 1.29 is 28.5 Å². The molecule has 0 saturated carbocycles. The molecule has 10 heteroatoms. The van der Waals surface area contributed by atoms with Crippen LogP contribution >= 0.6 is 0 Å². The van der Waals surface area contributed by atoms with Crippen LogP contribution in [0.15, 0.2) is 60.8 Å². The molecule has 1 saturated heterocycles. The van der Waals surface area contributed by atoms with Gasteiger partial charge in [-0.25, -0.2) is 4.79 Å². The zero-order chi connectivity index (χ0) is 32.2. The van der Waals surface area contributed by atoms with Crippen molar-refractivity contribution in [1.82, 2.24) is 14.8 Å². The minimum absolute atomic E-state index is 0.0406. The summed E-state index contributed by atoms with van der Waals surface area (Å²) >= 11 is 0. The topological polar surface area (TPSA) is 109 Å². The Morgan fingerprint density at radius 2 is 1.83 bits per heavy atom. The van der Waals surface area contributed by atoms with E-state index in [1.165, 1.54) is 17.2 Å². The fourth-order valence-electron chi connectivity index (χ4n) is 8.23. The predicted molar refractivity (Wildman–Crippen MR) is 174 cm³/mol. The number of aromatic nitrogens is 1. The molecule has 5 atom stereocenters. The van der Waals surface area contributed by atoms with Gasteiger partial charge in [-0.15, -0.1) is 0 Å². The van der Waals surface area contributed by atoms with Crippen molar-refractivity contribution >= 4 is 22.9 Å². The highest BCUT2D eigenvalue weighted by Gasteiger charge is 2.53. The van der Waals surface area contributed by atoms with Crippen molar-refractivity contribution in [2.24, 2.45) is 0 Å². The van der Waals surface area contributed by atoms with Crippen molar-refractivity contribution in [2.75, 3.05) is 34.7 Å². The average molecular weight is 633 g/mol. The number of likely N-dealkylation sites (N-methyl/N-ethyl adjacent to an activating group) is 1. The Hall–Kier alpha value is -4.98. The number of H-pyrrole nitrogens is 1. The number of nitriles is 1. The Morgan fingerprint density at radius 3 is 2.64 bits per heavy atom. The monoisotopic (exact) mass is 632 g/mol. The number of hydrogen-bond acceptors (Lipinski definition) is 9. The molecule has 5 heterocycles. The van der Waals surface area contributed by atoms with E-state index in [2.05, 4.69) is 46.1 Å². The third-order valence-corrected chi connectivity index (χ3v) is 10.4. The fraction of sp³-hybridized carbons (Fsp3) is 0.351. The van der Waals surface area contributed by atoms with E-state index in [1.54, 1.807) is 20.3 Å². The number of carbonyl (C=O) groups is 1. The molecule has 0 spiro atoms. The zero-order valence-electron chi connectivity index (χ0n) is 26.6. The van der Waals surface area contributed by atoms with Crippen molar-refractivity contribution in [3.63, 3.8) is 0 Å². The zero-order valence-corrected chi connectivity index (χ0v) is 26.6. The number of esters is 1. The number of methoxy groups -OCH3 is 2. The first kappa shape index (κ1) is 29.4. The van der Waals surface area contributed by atoms with Gasteiger partial charge in [-0.1, -0.05) is 18.2 Å². The smallest absolute Gasteiger partial charge is 0.330 e. The van der Waals surface area contributed by atoms with Crippen LogP contribution in [0.1, 0.15) is 46.3 Å². The molecule has 1 N–H and O–H groups in total. The number of carbonyl (C=O) groups excluding carboxylic acids is 1. The number of para-hydroxylation sites is 1. The second-order valence-corrected chi connectivity index (χ2v) is 12.6. The quantitative estimate of drug-likeness (QED) is 0.223. The number of benzene rings is 3. The minimum atomic E-state index is -0.443. The Bertz CT molecular complexity index is 1940. The first-order valence-electron chi connectivity index (χ1n) is 16.0. The highest BCUT2D eigenvalue weighted by molar-refractivity contribution is 5.94. The van der Waals surface area contributed by atoms with Crippen LogP contribution in [0.4, 0.5) is 0 Å². The Kier molecular flexibility index (Phi) is 7.31. The minimum Gasteiger partial charge on any atom is -0.493 e. The first-order chi connectivity index (χ1) is 23.0. The van der Waals surface area contributed by atoms with Gasteiger partial charge < -0.3 is 28.7 Å². The SMILES string of the molecule is COc1cc2c(cc1OC)C1C3Cc4cc5c(cc4C(COC(=O)C=Cc4c[nH]c6ccccc46)N3C(C#N)C(CC2)N1C)OCO5. The number of ether oxygens (including phenoxy) is 5. The van der Waals surface area contributed by atoms with Crippen molar-refractivity contribution in [2.45, 2.75) is 49.5 Å². The van der Waals surface area contributed by atoms with Gasteiger partial charge in [-0.3, -0.25) is 9.80 Å². The lowest BCUT2D eigenvalue weighted by Gasteiger charge is -2.57. The third kappa shape index (κ3) is 4.80. The molecular weight excluding hydrogens is 596 g/mol. The summed E-state index contributed by atoms with van der Waals surface area (Å²) in [7, 11) is 5.44. The maximum Gasteiger partial charge on any atom is 0.330 e. The molecular formula is C37H36N4O6. The molecule has 2 bridgehead atoms. The van der Waals surface area contributed by atoms with Crippen LogP contribution in [0.2, 0.25) is 0 Å². The molecule has 4 aromatic rings. The van der Waals surface area contributed by atoms with Crippen LogP contribution in [-0.4, -0.2) is 73.5 Å². The van der Waals surface area contributed by atoms with Gasteiger partial charge in [0, 0.05) is 40.8 Å². The molecule has 3 aromatic carbocycles. The Balaban J connectivity index is 1.18. The number of nitrogens with one attached hydrogen (secondary N) is 1. The molecule has 1 fully saturated rings. The highest BCUT2D eigenvalue weighted by Crippen LogP contribution is 2.52. The van der Waals surface area contributed by atoms with Crippen LogP contribution in [0.3, 0.4) is 0 Å². The summed E-state index contributed by atoms with van der Waals surface area (Å²) in [4.78, 5) is 21.2. The van der Waals surface area contributed by atoms with E-state index in [-0.39, 0.29) is 37.6 Å². The van der Waals surface area contributed by atoms with Gasteiger partial charge in [0.25, 0.3) is 0 Å². The van der Waals surface area contributed by atoms with Gasteiger partial charge in [0.2, 0.25) is 6.79 Å². The standard InChI is InChI=1S/C37H36N4O6/c1-40-28-10-8-21-13-32(43-2)33(44-3)16-26(21)37(40)29-12-23-14-34-35(47-20-46-34)15-25(23)31(41(29)30(28)17-38)19-45-36(42)11-9-22-18-39-27-7-5-4-6-24(22)27/h4-7,9,11,13-16,18,28-31,37,39H,8,10,12,19-20H2,1-3H3. The molecule has 4 aliphatic heterocycles. The Labute approximate surface area is 273 Å². The number of fused-ring (bicyclic) bond motifs is 9. The lowest BCUT2D eigenvalue weighted by Crippen LogP contribution is -2.66. The molecule has 0 radical (unpaired) electrons. The summed E-state index contributed by atoms with van der Waals surface area (Å²) in [6.45, 7) is 0.243. The molecule has 8 rings (SSSR count). The summed E-state index contributed by atoms with van der Waals surface area (Å²) in [5, 5.41) is 11.8. The van der Waals surface area contributed by atoms with Gasteiger partial charge in [0.1, 0.15) is 12.6 Å². The lowest BCUT2D eigenvalue weighted by atomic mass is 9.78. The van der Waals surface area contributed by atoms with E-state index in [4.69, 9.17) is 23.7 Å². The summed E-state index contributed by atoms with van der Waals surface area (Å²) < 4.78 is 29.0. The molecule has 0 amide bonds. The van der Waals surface area contributed by atoms with Gasteiger partial charge in [0.15, 0.2) is 23.0 Å². The van der Waals surface area contributed by atoms with Crippen molar-refractivity contribution in [3.8, 4) is 29.1 Å². The molecule has 1 aromatic heterocycles. The van der Waals surface area contributed by atoms with E-state index in [0.717, 1.165) is 40.4 Å². The second kappa shape index (κ2) is 11.7. The van der Waals surface area contributed by atoms with Crippen LogP contribution in [0, 0.1) is 11.3 Å². The number of rotatable bonds is 6. The number of aromatic amines is 1. The van der Waals surface area contributed by atoms with Crippen molar-refractivity contribution in [3.05, 3.63) is 88.6 Å². The summed E-state index contributed by atoms with van der Waals surface area (Å²) in [5.41, 5.74) is 6.37. The molecule has 4 aliphatic rings. The van der Waals surface area contributed by atoms with Gasteiger partial charge in [-0.2, -0.15) is 5.26 Å². The highest BCUT2D eigenvalue weighted by atomic mass is 16.7. The lowest BCUT2D eigenvalue weighted by molar-refractivity contribution is -0.142. The van der Waals surface area contributed by atoms with Gasteiger partial charge >= 0.3 is 5.97 Å². The van der Waals surface area contributed by atoms with Crippen LogP contribution in [0.5, 0.6) is 23.0 Å². The van der Waals surface area contributed by atoms with Crippen molar-refractivity contribution in [1.29, 1.82) is 5.26 Å². The van der Waals surface area contributed by atoms with Crippen LogP contribution < -0.4 is 18.9 Å². The molecule has 10 nitrogen and oxygen atoms in total. The third-order valence-electron chi connectivity index (χ3n) is 10.4. The second-order valence-electron chi connectivity index (χ2n) is 12.6. The summed E-state index contributed by atoms with van der Waals surface area (Å²) in [6, 6.07) is 17.9. The summed E-state index contributed by atoms with van der Waals surface area (Å²) in [5.74, 6) is 2.31. The average Bonchev–Trinajstić information content (AvgIpc) is 3.71. The number of aryl methyl sites for hydroxylation is 1.